The smallest absolute Gasteiger partial charge is 0.248 e. The van der Waals surface area contributed by atoms with Crippen molar-refractivity contribution in [3.8, 4) is 0 Å². The highest BCUT2D eigenvalue weighted by Crippen LogP contribution is 2.32. The van der Waals surface area contributed by atoms with E-state index in [2.05, 4.69) is 84.1 Å². The van der Waals surface area contributed by atoms with E-state index >= 15 is 0 Å². The van der Waals surface area contributed by atoms with Gasteiger partial charge in [0.2, 0.25) is 5.95 Å². The maximum Gasteiger partial charge on any atom is 0.248 e. The first-order chi connectivity index (χ1) is 12.1. The molecule has 1 aromatic heterocycles. The maximum atomic E-state index is 4.14. The number of nitrogens with zero attached hydrogens (tertiary/aromatic N) is 5. The Morgan fingerprint density at radius 3 is 2.44 bits per heavy atom. The van der Waals surface area contributed by atoms with Crippen LogP contribution in [0.3, 0.4) is 0 Å². The number of nitrogens with one attached hydrogen (secondary N) is 1. The number of fused-ring (bicyclic) bond motifs is 1. The van der Waals surface area contributed by atoms with E-state index in [1.54, 1.807) is 4.68 Å². The summed E-state index contributed by atoms with van der Waals surface area (Å²) in [6, 6.07) is 16.6. The minimum absolute atomic E-state index is 0.0545. The zero-order valence-corrected chi connectivity index (χ0v) is 15.5. The number of benzene rings is 2. The van der Waals surface area contributed by atoms with Crippen LogP contribution in [0.4, 0.5) is 11.6 Å². The van der Waals surface area contributed by atoms with E-state index in [0.29, 0.717) is 5.95 Å². The van der Waals surface area contributed by atoms with Crippen LogP contribution in [0.5, 0.6) is 0 Å². The highest BCUT2D eigenvalue weighted by molar-refractivity contribution is 9.10. The average molecular weight is 397 g/mol. The average Bonchev–Trinajstić information content (AvgIpc) is 3.10. The van der Waals surface area contributed by atoms with E-state index in [0.717, 1.165) is 27.0 Å². The molecule has 1 aliphatic heterocycles. The molecule has 2 aromatic carbocycles. The Bertz CT molecular complexity index is 911. The topological polar surface area (TPSA) is 58.9 Å². The fourth-order valence-corrected chi connectivity index (χ4v) is 3.12. The second-order valence-corrected chi connectivity index (χ2v) is 7.01. The summed E-state index contributed by atoms with van der Waals surface area (Å²) >= 11 is 3.48. The van der Waals surface area contributed by atoms with Crippen LogP contribution in [0.2, 0.25) is 0 Å². The molecule has 0 bridgehead atoms. The summed E-state index contributed by atoms with van der Waals surface area (Å²) in [4.78, 5) is 2.08. The zero-order chi connectivity index (χ0) is 17.4. The number of tetrazole rings is 1. The molecular weight excluding hydrogens is 380 g/mol. The monoisotopic (exact) mass is 396 g/mol. The van der Waals surface area contributed by atoms with Crippen LogP contribution in [-0.4, -0.2) is 34.3 Å². The summed E-state index contributed by atoms with van der Waals surface area (Å²) in [6.45, 7) is 0. The molecule has 1 atom stereocenters. The minimum atomic E-state index is -0.0545. The number of hydrogen-bond donors (Lipinski definition) is 1. The predicted octanol–water partition coefficient (Wildman–Crippen LogP) is 3.56. The second kappa shape index (κ2) is 6.33. The molecule has 6 nitrogen and oxygen atoms in total. The Kier molecular flexibility index (Phi) is 4.01. The van der Waals surface area contributed by atoms with Gasteiger partial charge >= 0.3 is 0 Å². The quantitative estimate of drug-likeness (QED) is 0.733. The van der Waals surface area contributed by atoms with Gasteiger partial charge in [-0.05, 0) is 51.9 Å². The van der Waals surface area contributed by atoms with Crippen molar-refractivity contribution in [3.63, 3.8) is 0 Å². The van der Waals surface area contributed by atoms with Gasteiger partial charge in [0.25, 0.3) is 0 Å². The summed E-state index contributed by atoms with van der Waals surface area (Å²) in [6.07, 6.45) is 2.15. The van der Waals surface area contributed by atoms with Gasteiger partial charge in [-0.1, -0.05) is 45.3 Å². The molecule has 0 radical (unpaired) electrons. The molecule has 0 amide bonds. The van der Waals surface area contributed by atoms with Gasteiger partial charge in [0.15, 0.2) is 0 Å². The maximum absolute atomic E-state index is 4.14. The number of halogens is 1. The minimum Gasteiger partial charge on any atom is -0.378 e. The molecule has 0 spiro atoms. The van der Waals surface area contributed by atoms with Crippen molar-refractivity contribution in [2.45, 2.75) is 6.04 Å². The van der Waals surface area contributed by atoms with E-state index in [-0.39, 0.29) is 6.04 Å². The molecule has 1 aliphatic rings. The van der Waals surface area contributed by atoms with Gasteiger partial charge < -0.3 is 10.2 Å². The Morgan fingerprint density at radius 2 is 1.76 bits per heavy atom. The summed E-state index contributed by atoms with van der Waals surface area (Å²) in [5.74, 6) is 0.641. The number of allylic oxidation sites excluding steroid dienone is 1. The van der Waals surface area contributed by atoms with Crippen LogP contribution >= 0.6 is 15.9 Å². The molecule has 3 aromatic rings. The molecule has 0 fully saturated rings. The van der Waals surface area contributed by atoms with Gasteiger partial charge in [-0.2, -0.15) is 4.68 Å². The normalized spacial score (nSPS) is 16.0. The standard InChI is InChI=1S/C18H17BrN6/c1-24(2)15-9-5-13(6-10-15)17-11-16(12-3-7-14(19)8-4-12)20-18-21-22-23-25(17)18/h3-11,17H,1-2H3,(H,20,21,23)/t17-/m0/s1. The van der Waals surface area contributed by atoms with E-state index in [1.807, 2.05) is 26.2 Å². The zero-order valence-electron chi connectivity index (χ0n) is 13.9. The Hall–Kier alpha value is -2.67. The van der Waals surface area contributed by atoms with Crippen LogP contribution < -0.4 is 10.2 Å². The van der Waals surface area contributed by atoms with Crippen molar-refractivity contribution in [1.82, 2.24) is 20.2 Å². The lowest BCUT2D eigenvalue weighted by molar-refractivity contribution is 0.586. The molecule has 0 unspecified atom stereocenters. The van der Waals surface area contributed by atoms with Crippen molar-refractivity contribution in [2.24, 2.45) is 0 Å². The van der Waals surface area contributed by atoms with Crippen molar-refractivity contribution in [2.75, 3.05) is 24.3 Å². The second-order valence-electron chi connectivity index (χ2n) is 6.09. The van der Waals surface area contributed by atoms with Gasteiger partial charge in [-0.15, -0.1) is 0 Å². The molecule has 126 valence electrons. The first kappa shape index (κ1) is 15.8. The fraction of sp³-hybridized carbons (Fsp3) is 0.167. The molecule has 2 heterocycles. The van der Waals surface area contributed by atoms with Crippen molar-refractivity contribution in [1.29, 1.82) is 0 Å². The number of rotatable bonds is 3. The van der Waals surface area contributed by atoms with Gasteiger partial charge in [-0.25, -0.2) is 0 Å². The Morgan fingerprint density at radius 1 is 1.04 bits per heavy atom. The predicted molar refractivity (Wildman–Crippen MR) is 102 cm³/mol. The van der Waals surface area contributed by atoms with Crippen molar-refractivity contribution in [3.05, 3.63) is 70.2 Å². The van der Waals surface area contributed by atoms with Crippen LogP contribution in [0, 0.1) is 0 Å². The molecule has 0 saturated heterocycles. The third-order valence-electron chi connectivity index (χ3n) is 4.23. The number of aromatic nitrogens is 4. The van der Waals surface area contributed by atoms with Gasteiger partial charge in [0.1, 0.15) is 6.04 Å². The Labute approximate surface area is 154 Å². The van der Waals surface area contributed by atoms with Crippen molar-refractivity contribution >= 4 is 33.3 Å². The van der Waals surface area contributed by atoms with E-state index in [4.69, 9.17) is 0 Å². The number of anilines is 2. The van der Waals surface area contributed by atoms with E-state index < -0.39 is 0 Å². The van der Waals surface area contributed by atoms with E-state index in [9.17, 15) is 0 Å². The third-order valence-corrected chi connectivity index (χ3v) is 4.76. The summed E-state index contributed by atoms with van der Waals surface area (Å²) < 4.78 is 2.85. The first-order valence-corrected chi connectivity index (χ1v) is 8.71. The van der Waals surface area contributed by atoms with Crippen molar-refractivity contribution < 1.29 is 0 Å². The lowest BCUT2D eigenvalue weighted by atomic mass is 10.0. The highest BCUT2D eigenvalue weighted by atomic mass is 79.9. The summed E-state index contributed by atoms with van der Waals surface area (Å²) in [5, 5.41) is 15.4. The van der Waals surface area contributed by atoms with Gasteiger partial charge in [0.05, 0.1) is 0 Å². The van der Waals surface area contributed by atoms with Crippen LogP contribution in [-0.2, 0) is 0 Å². The molecule has 4 rings (SSSR count). The molecule has 0 saturated carbocycles. The highest BCUT2D eigenvalue weighted by Gasteiger charge is 2.24. The van der Waals surface area contributed by atoms with Crippen LogP contribution in [0.1, 0.15) is 17.2 Å². The van der Waals surface area contributed by atoms with Gasteiger partial charge in [-0.3, -0.25) is 0 Å². The Balaban J connectivity index is 1.75. The molecule has 0 aliphatic carbocycles. The van der Waals surface area contributed by atoms with Crippen LogP contribution in [0.25, 0.3) is 5.70 Å². The lowest BCUT2D eigenvalue weighted by Crippen LogP contribution is -2.20. The summed E-state index contributed by atoms with van der Waals surface area (Å²) in [5.41, 5.74) is 4.38. The molecule has 7 heteroatoms. The van der Waals surface area contributed by atoms with E-state index in [1.165, 1.54) is 0 Å². The number of hydrogen-bond acceptors (Lipinski definition) is 5. The molecule has 25 heavy (non-hydrogen) atoms. The lowest BCUT2D eigenvalue weighted by Gasteiger charge is -2.24. The van der Waals surface area contributed by atoms with Gasteiger partial charge in [0, 0.05) is 30.0 Å². The molecule has 1 N–H and O–H groups in total. The first-order valence-electron chi connectivity index (χ1n) is 7.92. The largest absolute Gasteiger partial charge is 0.378 e. The van der Waals surface area contributed by atoms with Crippen LogP contribution in [0.15, 0.2) is 59.1 Å². The third kappa shape index (κ3) is 3.02. The summed E-state index contributed by atoms with van der Waals surface area (Å²) in [7, 11) is 4.06. The molecular formula is C18H17BrN6. The fourth-order valence-electron chi connectivity index (χ4n) is 2.86. The SMILES string of the molecule is CN(C)c1ccc([C@@H]2C=C(c3ccc(Br)cc3)Nc3nnnn32)cc1.